The number of aryl methyl sites for hydroxylation is 2. The molecule has 1 atom stereocenters. The highest BCUT2D eigenvalue weighted by Gasteiger charge is 2.23. The molecule has 1 aromatic rings. The van der Waals surface area contributed by atoms with Crippen LogP contribution in [0.25, 0.3) is 0 Å². The van der Waals surface area contributed by atoms with Gasteiger partial charge in [0.15, 0.2) is 6.04 Å². The van der Waals surface area contributed by atoms with Crippen LogP contribution in [0.1, 0.15) is 29.7 Å². The van der Waals surface area contributed by atoms with Crippen molar-refractivity contribution in [1.29, 1.82) is 0 Å². The minimum atomic E-state index is -1.14. The lowest BCUT2D eigenvalue weighted by Crippen LogP contribution is -2.41. The first kappa shape index (κ1) is 16.7. The Bertz CT molecular complexity index is 549. The van der Waals surface area contributed by atoms with Crippen LogP contribution in [-0.4, -0.2) is 41.4 Å². The molecule has 0 heterocycles. The predicted molar refractivity (Wildman–Crippen MR) is 77.7 cm³/mol. The van der Waals surface area contributed by atoms with Crippen LogP contribution in [0, 0.1) is 13.8 Å². The van der Waals surface area contributed by atoms with Crippen molar-refractivity contribution < 1.29 is 19.5 Å². The van der Waals surface area contributed by atoms with Crippen molar-refractivity contribution in [2.75, 3.05) is 13.6 Å². The number of likely N-dealkylation sites (N-methyl/N-ethyl adjacent to an activating group) is 1. The van der Waals surface area contributed by atoms with Gasteiger partial charge in [-0.2, -0.15) is 0 Å². The van der Waals surface area contributed by atoms with Crippen molar-refractivity contribution in [3.63, 3.8) is 0 Å². The number of carbonyl (C=O) groups excluding carboxylic acids is 2. The van der Waals surface area contributed by atoms with Crippen LogP contribution in [0.15, 0.2) is 18.2 Å². The van der Waals surface area contributed by atoms with E-state index in [1.165, 1.54) is 18.9 Å². The Labute approximate surface area is 123 Å². The lowest BCUT2D eigenvalue weighted by Gasteiger charge is -2.19. The van der Waals surface area contributed by atoms with Crippen molar-refractivity contribution in [3.05, 3.63) is 34.9 Å². The smallest absolute Gasteiger partial charge is 0.330 e. The fraction of sp³-hybridized carbons (Fsp3) is 0.400. The summed E-state index contributed by atoms with van der Waals surface area (Å²) >= 11 is 0. The van der Waals surface area contributed by atoms with Crippen LogP contribution in [0.2, 0.25) is 0 Å². The Balaban J connectivity index is 2.90. The molecule has 6 heteroatoms. The fourth-order valence-corrected chi connectivity index (χ4v) is 2.00. The Hall–Kier alpha value is -2.37. The highest BCUT2D eigenvalue weighted by atomic mass is 16.4. The SMILES string of the molecule is CC(=O)N(C)CC(=O)NC(C(=O)O)c1cc(C)cc(C)c1. The maximum atomic E-state index is 11.8. The highest BCUT2D eigenvalue weighted by Crippen LogP contribution is 2.17. The average molecular weight is 292 g/mol. The first-order valence-corrected chi connectivity index (χ1v) is 6.52. The fourth-order valence-electron chi connectivity index (χ4n) is 2.00. The topological polar surface area (TPSA) is 86.7 Å². The third kappa shape index (κ3) is 4.91. The Kier molecular flexibility index (Phi) is 5.46. The molecule has 1 aromatic carbocycles. The molecule has 114 valence electrons. The van der Waals surface area contributed by atoms with Gasteiger partial charge in [0.1, 0.15) is 0 Å². The van der Waals surface area contributed by atoms with Gasteiger partial charge in [0, 0.05) is 14.0 Å². The molecule has 6 nitrogen and oxygen atoms in total. The molecule has 2 N–H and O–H groups in total. The number of benzene rings is 1. The van der Waals surface area contributed by atoms with Gasteiger partial charge in [-0.25, -0.2) is 4.79 Å². The number of carboxylic acids is 1. The summed E-state index contributed by atoms with van der Waals surface area (Å²) in [5.74, 6) is -1.92. The molecule has 0 saturated carbocycles. The third-order valence-corrected chi connectivity index (χ3v) is 3.05. The molecule has 1 rings (SSSR count). The van der Waals surface area contributed by atoms with E-state index in [0.717, 1.165) is 11.1 Å². The van der Waals surface area contributed by atoms with Gasteiger partial charge in [-0.05, 0) is 19.4 Å². The van der Waals surface area contributed by atoms with Crippen LogP contribution < -0.4 is 5.32 Å². The maximum Gasteiger partial charge on any atom is 0.330 e. The van der Waals surface area contributed by atoms with Crippen LogP contribution >= 0.6 is 0 Å². The summed E-state index contributed by atoms with van der Waals surface area (Å²) in [5, 5.41) is 11.7. The second-order valence-electron chi connectivity index (χ2n) is 5.13. The first-order chi connectivity index (χ1) is 9.70. The molecule has 0 aliphatic carbocycles. The molecular formula is C15H20N2O4. The third-order valence-electron chi connectivity index (χ3n) is 3.05. The normalized spacial score (nSPS) is 11.6. The van der Waals surface area contributed by atoms with Crippen molar-refractivity contribution in [1.82, 2.24) is 10.2 Å². The lowest BCUT2D eigenvalue weighted by molar-refractivity contribution is -0.142. The van der Waals surface area contributed by atoms with Crippen LogP contribution in [-0.2, 0) is 14.4 Å². The van der Waals surface area contributed by atoms with Gasteiger partial charge in [0.25, 0.3) is 0 Å². The zero-order chi connectivity index (χ0) is 16.2. The number of nitrogens with one attached hydrogen (secondary N) is 1. The van der Waals surface area contributed by atoms with Gasteiger partial charge in [-0.15, -0.1) is 0 Å². The van der Waals surface area contributed by atoms with E-state index in [1.54, 1.807) is 12.1 Å². The van der Waals surface area contributed by atoms with Crippen molar-refractivity contribution in [2.24, 2.45) is 0 Å². The van der Waals surface area contributed by atoms with E-state index in [-0.39, 0.29) is 12.5 Å². The molecule has 1 unspecified atom stereocenters. The van der Waals surface area contributed by atoms with E-state index < -0.39 is 17.9 Å². The van der Waals surface area contributed by atoms with E-state index in [9.17, 15) is 19.5 Å². The average Bonchev–Trinajstić information content (AvgIpc) is 2.34. The molecule has 2 amide bonds. The highest BCUT2D eigenvalue weighted by molar-refractivity contribution is 5.87. The summed E-state index contributed by atoms with van der Waals surface area (Å²) in [6.45, 7) is 4.89. The summed E-state index contributed by atoms with van der Waals surface area (Å²) in [7, 11) is 1.48. The van der Waals surface area contributed by atoms with Crippen LogP contribution in [0.5, 0.6) is 0 Å². The Morgan fingerprint density at radius 3 is 2.14 bits per heavy atom. The minimum Gasteiger partial charge on any atom is -0.479 e. The first-order valence-electron chi connectivity index (χ1n) is 6.52. The molecule has 21 heavy (non-hydrogen) atoms. The minimum absolute atomic E-state index is 0.177. The molecule has 0 aliphatic heterocycles. The summed E-state index contributed by atoms with van der Waals surface area (Å²) < 4.78 is 0. The zero-order valence-electron chi connectivity index (χ0n) is 12.6. The summed E-state index contributed by atoms with van der Waals surface area (Å²) in [5.41, 5.74) is 2.36. The van der Waals surface area contributed by atoms with E-state index in [0.29, 0.717) is 5.56 Å². The van der Waals surface area contributed by atoms with Gasteiger partial charge in [-0.1, -0.05) is 29.3 Å². The molecule has 0 aromatic heterocycles. The molecule has 0 bridgehead atoms. The second kappa shape index (κ2) is 6.88. The van der Waals surface area contributed by atoms with Crippen LogP contribution in [0.3, 0.4) is 0 Å². The second-order valence-corrected chi connectivity index (χ2v) is 5.13. The predicted octanol–water partition coefficient (Wildman–Crippen LogP) is 1.02. The Morgan fingerprint density at radius 1 is 1.19 bits per heavy atom. The molecular weight excluding hydrogens is 272 g/mol. The molecule has 0 spiro atoms. The standard InChI is InChI=1S/C15H20N2O4/c1-9-5-10(2)7-12(6-9)14(15(20)21)16-13(19)8-17(4)11(3)18/h5-7,14H,8H2,1-4H3,(H,16,19)(H,20,21). The molecule has 0 radical (unpaired) electrons. The Morgan fingerprint density at radius 2 is 1.71 bits per heavy atom. The van der Waals surface area contributed by atoms with E-state index in [4.69, 9.17) is 0 Å². The molecule has 0 fully saturated rings. The number of nitrogens with zero attached hydrogens (tertiary/aromatic N) is 1. The van der Waals surface area contributed by atoms with E-state index in [2.05, 4.69) is 5.32 Å². The van der Waals surface area contributed by atoms with E-state index in [1.807, 2.05) is 19.9 Å². The van der Waals surface area contributed by atoms with Gasteiger partial charge >= 0.3 is 5.97 Å². The number of rotatable bonds is 5. The summed E-state index contributed by atoms with van der Waals surface area (Å²) in [4.78, 5) is 35.5. The molecule has 0 aliphatic rings. The number of hydrogen-bond donors (Lipinski definition) is 2. The molecule has 0 saturated heterocycles. The van der Waals surface area contributed by atoms with Crippen LogP contribution in [0.4, 0.5) is 0 Å². The van der Waals surface area contributed by atoms with E-state index >= 15 is 0 Å². The van der Waals surface area contributed by atoms with Crippen molar-refractivity contribution >= 4 is 17.8 Å². The number of aliphatic carboxylic acids is 1. The number of hydrogen-bond acceptors (Lipinski definition) is 3. The van der Waals surface area contributed by atoms with Crippen molar-refractivity contribution in [3.8, 4) is 0 Å². The summed E-state index contributed by atoms with van der Waals surface area (Å²) in [6.07, 6.45) is 0. The maximum absolute atomic E-state index is 11.8. The zero-order valence-corrected chi connectivity index (χ0v) is 12.6. The quantitative estimate of drug-likeness (QED) is 0.848. The van der Waals surface area contributed by atoms with Gasteiger partial charge < -0.3 is 15.3 Å². The van der Waals surface area contributed by atoms with Crippen molar-refractivity contribution in [2.45, 2.75) is 26.8 Å². The van der Waals surface area contributed by atoms with Gasteiger partial charge in [-0.3, -0.25) is 9.59 Å². The monoisotopic (exact) mass is 292 g/mol. The lowest BCUT2D eigenvalue weighted by atomic mass is 10.0. The number of carboxylic acid groups (broad SMARTS) is 1. The largest absolute Gasteiger partial charge is 0.479 e. The van der Waals surface area contributed by atoms with Gasteiger partial charge in [0.05, 0.1) is 6.54 Å². The number of carbonyl (C=O) groups is 3. The summed E-state index contributed by atoms with van der Waals surface area (Å²) in [6, 6.07) is 4.24. The number of amides is 2. The van der Waals surface area contributed by atoms with Gasteiger partial charge in [0.2, 0.25) is 11.8 Å².